The third kappa shape index (κ3) is 2.59. The molecule has 1 saturated carbocycles. The topological polar surface area (TPSA) is 26.3 Å². The minimum Gasteiger partial charge on any atom is -0.469 e. The van der Waals surface area contributed by atoms with Gasteiger partial charge in [0.25, 0.3) is 0 Å². The summed E-state index contributed by atoms with van der Waals surface area (Å²) in [6.45, 7) is 0. The van der Waals surface area contributed by atoms with Gasteiger partial charge >= 0.3 is 5.97 Å². The summed E-state index contributed by atoms with van der Waals surface area (Å²) in [4.78, 5) is 11.8. The minimum atomic E-state index is -0.120. The fourth-order valence-electron chi connectivity index (χ4n) is 1.88. The van der Waals surface area contributed by atoms with Crippen LogP contribution in [0.2, 0.25) is 0 Å². The molecule has 2 nitrogen and oxygen atoms in total. The van der Waals surface area contributed by atoms with E-state index in [0.29, 0.717) is 5.92 Å². The Morgan fingerprint density at radius 2 is 2.25 bits per heavy atom. The van der Waals surface area contributed by atoms with E-state index < -0.39 is 0 Å². The first-order valence-electron chi connectivity index (χ1n) is 5.16. The first-order chi connectivity index (χ1) is 7.63. The predicted octanol–water partition coefficient (Wildman–Crippen LogP) is 3.72. The van der Waals surface area contributed by atoms with Crippen LogP contribution in [-0.4, -0.2) is 13.1 Å². The van der Waals surface area contributed by atoms with E-state index in [0.717, 1.165) is 26.4 Å². The summed E-state index contributed by atoms with van der Waals surface area (Å²) >= 11 is 5.78. The molecule has 1 aromatic rings. The molecule has 16 heavy (non-hydrogen) atoms. The highest BCUT2D eigenvalue weighted by atomic mass is 127. The van der Waals surface area contributed by atoms with Crippen LogP contribution in [0.3, 0.4) is 0 Å². The number of carbonyl (C=O) groups is 1. The second-order valence-electron chi connectivity index (χ2n) is 4.00. The van der Waals surface area contributed by atoms with Crippen molar-refractivity contribution in [1.29, 1.82) is 0 Å². The Labute approximate surface area is 117 Å². The normalized spacial score (nSPS) is 16.9. The van der Waals surface area contributed by atoms with E-state index >= 15 is 0 Å². The second-order valence-corrected chi connectivity index (χ2v) is 6.10. The van der Waals surface area contributed by atoms with Crippen molar-refractivity contribution in [3.63, 3.8) is 0 Å². The van der Waals surface area contributed by atoms with Crippen molar-refractivity contribution >= 4 is 44.5 Å². The van der Waals surface area contributed by atoms with Crippen molar-refractivity contribution in [1.82, 2.24) is 0 Å². The van der Waals surface area contributed by atoms with Crippen molar-refractivity contribution in [2.75, 3.05) is 7.11 Å². The average Bonchev–Trinajstić information content (AvgIpc) is 3.07. The standard InChI is InChI=1S/C12H12BrIO2/c1-16-12(15)11(7-2-3-7)9-6-8(14)4-5-10(9)13/h4-7,11H,2-3H2,1H3. The monoisotopic (exact) mass is 394 g/mol. The summed E-state index contributed by atoms with van der Waals surface area (Å²) < 4.78 is 7.04. The zero-order chi connectivity index (χ0) is 11.7. The number of ether oxygens (including phenoxy) is 1. The lowest BCUT2D eigenvalue weighted by atomic mass is 9.94. The molecule has 0 aliphatic heterocycles. The number of benzene rings is 1. The van der Waals surface area contributed by atoms with Gasteiger partial charge in [-0.1, -0.05) is 15.9 Å². The van der Waals surface area contributed by atoms with Gasteiger partial charge in [0, 0.05) is 8.04 Å². The van der Waals surface area contributed by atoms with Gasteiger partial charge in [-0.15, -0.1) is 0 Å². The van der Waals surface area contributed by atoms with E-state index in [1.807, 2.05) is 12.1 Å². The maximum absolute atomic E-state index is 11.8. The molecule has 1 aromatic carbocycles. The molecule has 0 N–H and O–H groups in total. The van der Waals surface area contributed by atoms with Crippen molar-refractivity contribution in [2.24, 2.45) is 5.92 Å². The number of methoxy groups -OCH3 is 1. The van der Waals surface area contributed by atoms with Crippen LogP contribution in [0.25, 0.3) is 0 Å². The van der Waals surface area contributed by atoms with Crippen LogP contribution in [0.15, 0.2) is 22.7 Å². The SMILES string of the molecule is COC(=O)C(c1cc(I)ccc1Br)C1CC1. The van der Waals surface area contributed by atoms with Crippen LogP contribution < -0.4 is 0 Å². The molecule has 86 valence electrons. The number of hydrogen-bond acceptors (Lipinski definition) is 2. The molecule has 1 atom stereocenters. The summed E-state index contributed by atoms with van der Waals surface area (Å²) in [6.07, 6.45) is 2.25. The number of rotatable bonds is 3. The van der Waals surface area contributed by atoms with Crippen LogP contribution in [0.1, 0.15) is 24.3 Å². The van der Waals surface area contributed by atoms with Gasteiger partial charge in [0.15, 0.2) is 0 Å². The van der Waals surface area contributed by atoms with Gasteiger partial charge in [-0.3, -0.25) is 4.79 Å². The van der Waals surface area contributed by atoms with Crippen LogP contribution >= 0.6 is 38.5 Å². The van der Waals surface area contributed by atoms with Crippen molar-refractivity contribution in [3.8, 4) is 0 Å². The van der Waals surface area contributed by atoms with Crippen molar-refractivity contribution in [2.45, 2.75) is 18.8 Å². The second kappa shape index (κ2) is 5.04. The molecule has 1 aliphatic rings. The summed E-state index contributed by atoms with van der Waals surface area (Å²) in [6, 6.07) is 6.08. The Kier molecular flexibility index (Phi) is 3.89. The lowest BCUT2D eigenvalue weighted by Crippen LogP contribution is -2.16. The third-order valence-corrected chi connectivity index (χ3v) is 4.23. The summed E-state index contributed by atoms with van der Waals surface area (Å²) in [7, 11) is 1.46. The molecule has 0 heterocycles. The number of esters is 1. The fourth-order valence-corrected chi connectivity index (χ4v) is 2.89. The lowest BCUT2D eigenvalue weighted by molar-refractivity contribution is -0.143. The molecule has 0 saturated heterocycles. The molecule has 1 unspecified atom stereocenters. The van der Waals surface area contributed by atoms with E-state index in [4.69, 9.17) is 4.74 Å². The van der Waals surface area contributed by atoms with Crippen LogP contribution in [0, 0.1) is 9.49 Å². The Morgan fingerprint density at radius 3 is 2.81 bits per heavy atom. The highest BCUT2D eigenvalue weighted by Gasteiger charge is 2.39. The van der Waals surface area contributed by atoms with Gasteiger partial charge in [-0.05, 0) is 65.1 Å². The summed E-state index contributed by atoms with van der Waals surface area (Å²) in [5.74, 6) is 0.237. The van der Waals surface area contributed by atoms with E-state index in [1.165, 1.54) is 7.11 Å². The van der Waals surface area contributed by atoms with Crippen LogP contribution in [0.4, 0.5) is 0 Å². The maximum Gasteiger partial charge on any atom is 0.313 e. The first kappa shape index (κ1) is 12.4. The minimum absolute atomic E-state index is 0.103. The smallest absolute Gasteiger partial charge is 0.313 e. The highest BCUT2D eigenvalue weighted by Crippen LogP contribution is 2.45. The number of hydrogen-bond donors (Lipinski definition) is 0. The van der Waals surface area contributed by atoms with Gasteiger partial charge in [0.05, 0.1) is 13.0 Å². The molecule has 1 fully saturated rings. The fraction of sp³-hybridized carbons (Fsp3) is 0.417. The molecule has 0 aromatic heterocycles. The molecule has 0 amide bonds. The highest BCUT2D eigenvalue weighted by molar-refractivity contribution is 14.1. The average molecular weight is 395 g/mol. The Hall–Kier alpha value is -0.100. The molecule has 1 aliphatic carbocycles. The molecule has 2 rings (SSSR count). The molecule has 0 bridgehead atoms. The molecule has 0 spiro atoms. The molecule has 0 radical (unpaired) electrons. The Balaban J connectivity index is 2.37. The number of halogens is 2. The first-order valence-corrected chi connectivity index (χ1v) is 7.03. The van der Waals surface area contributed by atoms with Gasteiger partial charge in [0.1, 0.15) is 0 Å². The number of carbonyl (C=O) groups excluding carboxylic acids is 1. The largest absolute Gasteiger partial charge is 0.469 e. The summed E-state index contributed by atoms with van der Waals surface area (Å²) in [5.41, 5.74) is 1.06. The molecular formula is C12H12BrIO2. The van der Waals surface area contributed by atoms with Crippen LogP contribution in [0.5, 0.6) is 0 Å². The van der Waals surface area contributed by atoms with Gasteiger partial charge in [0.2, 0.25) is 0 Å². The van der Waals surface area contributed by atoms with E-state index in [2.05, 4.69) is 44.6 Å². The Bertz CT molecular complexity index is 415. The zero-order valence-electron chi connectivity index (χ0n) is 8.87. The molecule has 4 heteroatoms. The Morgan fingerprint density at radius 1 is 1.56 bits per heavy atom. The van der Waals surface area contributed by atoms with Crippen molar-refractivity contribution < 1.29 is 9.53 Å². The molecular weight excluding hydrogens is 383 g/mol. The van der Waals surface area contributed by atoms with E-state index in [1.54, 1.807) is 0 Å². The predicted molar refractivity (Wildman–Crippen MR) is 74.3 cm³/mol. The maximum atomic E-state index is 11.8. The lowest BCUT2D eigenvalue weighted by Gasteiger charge is -2.16. The van der Waals surface area contributed by atoms with Gasteiger partial charge < -0.3 is 4.74 Å². The quantitative estimate of drug-likeness (QED) is 0.576. The van der Waals surface area contributed by atoms with Gasteiger partial charge in [-0.2, -0.15) is 0 Å². The third-order valence-electron chi connectivity index (χ3n) is 2.84. The summed E-state index contributed by atoms with van der Waals surface area (Å²) in [5, 5.41) is 0. The van der Waals surface area contributed by atoms with Gasteiger partial charge in [-0.25, -0.2) is 0 Å². The van der Waals surface area contributed by atoms with Crippen LogP contribution in [-0.2, 0) is 9.53 Å². The van der Waals surface area contributed by atoms with E-state index in [9.17, 15) is 4.79 Å². The zero-order valence-corrected chi connectivity index (χ0v) is 12.6. The van der Waals surface area contributed by atoms with Crippen molar-refractivity contribution in [3.05, 3.63) is 31.8 Å². The van der Waals surface area contributed by atoms with E-state index in [-0.39, 0.29) is 11.9 Å².